The number of hydrogen-bond donors (Lipinski definition) is 1. The minimum atomic E-state index is 0.447. The van der Waals surface area contributed by atoms with E-state index in [1.807, 2.05) is 0 Å². The predicted molar refractivity (Wildman–Crippen MR) is 95.5 cm³/mol. The summed E-state index contributed by atoms with van der Waals surface area (Å²) in [6.07, 6.45) is 5.38. The Kier molecular flexibility index (Phi) is 5.90. The lowest BCUT2D eigenvalue weighted by Crippen LogP contribution is -2.36. The number of halogens is 1. The molecule has 0 spiro atoms. The van der Waals surface area contributed by atoms with E-state index in [-0.39, 0.29) is 0 Å². The molecule has 1 fully saturated rings. The van der Waals surface area contributed by atoms with Gasteiger partial charge in [0.05, 0.1) is 0 Å². The zero-order chi connectivity index (χ0) is 15.5. The Morgan fingerprint density at radius 3 is 2.33 bits per heavy atom. The van der Waals surface area contributed by atoms with Crippen molar-refractivity contribution in [3.05, 3.63) is 34.3 Å². The van der Waals surface area contributed by atoms with E-state index in [1.165, 1.54) is 35.7 Å². The van der Waals surface area contributed by atoms with Gasteiger partial charge < -0.3 is 5.32 Å². The molecule has 0 heterocycles. The van der Waals surface area contributed by atoms with Crippen LogP contribution >= 0.6 is 15.9 Å². The molecule has 0 radical (unpaired) electrons. The van der Waals surface area contributed by atoms with Gasteiger partial charge in [-0.2, -0.15) is 0 Å². The largest absolute Gasteiger partial charge is 0.319 e. The van der Waals surface area contributed by atoms with Crippen LogP contribution in [0.15, 0.2) is 28.7 Å². The van der Waals surface area contributed by atoms with Gasteiger partial charge in [0, 0.05) is 4.47 Å². The highest BCUT2D eigenvalue weighted by molar-refractivity contribution is 9.10. The normalized spacial score (nSPS) is 26.8. The lowest BCUT2D eigenvalue weighted by molar-refractivity contribution is 0.0980. The average Bonchev–Trinajstić information content (AvgIpc) is 2.42. The molecule has 0 saturated heterocycles. The molecule has 1 aromatic rings. The summed E-state index contributed by atoms with van der Waals surface area (Å²) in [4.78, 5) is 0. The number of nitrogens with one attached hydrogen (secondary N) is 1. The van der Waals surface area contributed by atoms with Gasteiger partial charge in [-0.3, -0.25) is 0 Å². The molecule has 0 aliphatic heterocycles. The highest BCUT2D eigenvalue weighted by Gasteiger charge is 2.35. The van der Waals surface area contributed by atoms with Gasteiger partial charge >= 0.3 is 0 Å². The minimum Gasteiger partial charge on any atom is -0.319 e. The summed E-state index contributed by atoms with van der Waals surface area (Å²) in [6.45, 7) is 8.39. The molecule has 2 heteroatoms. The molecule has 118 valence electrons. The Morgan fingerprint density at radius 1 is 1.10 bits per heavy atom. The first kappa shape index (κ1) is 17.0. The highest BCUT2D eigenvalue weighted by Crippen LogP contribution is 2.43. The maximum absolute atomic E-state index is 3.53. The zero-order valence-electron chi connectivity index (χ0n) is 14.0. The van der Waals surface area contributed by atoms with Crippen LogP contribution in [0.25, 0.3) is 0 Å². The number of hydrogen-bond acceptors (Lipinski definition) is 1. The molecule has 21 heavy (non-hydrogen) atoms. The van der Waals surface area contributed by atoms with Crippen molar-refractivity contribution in [1.82, 2.24) is 5.32 Å². The maximum Gasteiger partial charge on any atom is 0.0175 e. The fraction of sp³-hybridized carbons (Fsp3) is 0.684. The average molecular weight is 352 g/mol. The van der Waals surface area contributed by atoms with Crippen molar-refractivity contribution in [2.24, 2.45) is 23.2 Å². The van der Waals surface area contributed by atoms with E-state index < -0.39 is 0 Å². The first-order valence-electron chi connectivity index (χ1n) is 8.29. The second-order valence-electron chi connectivity index (χ2n) is 7.78. The van der Waals surface area contributed by atoms with E-state index in [0.717, 1.165) is 24.3 Å². The second-order valence-corrected chi connectivity index (χ2v) is 8.70. The third-order valence-corrected chi connectivity index (χ3v) is 5.77. The molecular formula is C19H30BrN. The zero-order valence-corrected chi connectivity index (χ0v) is 15.5. The third kappa shape index (κ3) is 4.82. The van der Waals surface area contributed by atoms with Gasteiger partial charge in [0.2, 0.25) is 0 Å². The molecule has 1 saturated carbocycles. The van der Waals surface area contributed by atoms with Gasteiger partial charge in [-0.15, -0.1) is 0 Å². The predicted octanol–water partition coefficient (Wildman–Crippen LogP) is 5.29. The van der Waals surface area contributed by atoms with Crippen molar-refractivity contribution in [1.29, 1.82) is 0 Å². The van der Waals surface area contributed by atoms with Crippen molar-refractivity contribution in [2.45, 2.75) is 46.5 Å². The smallest absolute Gasteiger partial charge is 0.0175 e. The highest BCUT2D eigenvalue weighted by atomic mass is 79.9. The van der Waals surface area contributed by atoms with E-state index in [9.17, 15) is 0 Å². The van der Waals surface area contributed by atoms with Crippen LogP contribution in [0.1, 0.15) is 45.6 Å². The molecule has 0 aromatic heterocycles. The van der Waals surface area contributed by atoms with Crippen molar-refractivity contribution in [3.63, 3.8) is 0 Å². The fourth-order valence-corrected chi connectivity index (χ4v) is 4.08. The lowest BCUT2D eigenvalue weighted by atomic mass is 9.64. The molecule has 1 aliphatic rings. The Hall–Kier alpha value is -0.340. The molecule has 0 bridgehead atoms. The standard InChI is InChI=1S/C19H30BrN/c1-19(2,3)17-8-7-15(13-21-4)16(12-17)11-14-5-9-18(20)10-6-14/h5-6,9-10,15-17,21H,7-8,11-13H2,1-4H3. The van der Waals surface area contributed by atoms with Crippen LogP contribution in [-0.4, -0.2) is 13.6 Å². The summed E-state index contributed by atoms with van der Waals surface area (Å²) in [5.74, 6) is 2.51. The van der Waals surface area contributed by atoms with Crippen LogP contribution in [0.4, 0.5) is 0 Å². The molecule has 1 aromatic carbocycles. The maximum atomic E-state index is 3.53. The summed E-state index contributed by atoms with van der Waals surface area (Å²) >= 11 is 3.53. The molecule has 1 nitrogen and oxygen atoms in total. The van der Waals surface area contributed by atoms with Crippen LogP contribution in [0.3, 0.4) is 0 Å². The summed E-state index contributed by atoms with van der Waals surface area (Å²) in [5, 5.41) is 3.41. The molecule has 3 unspecified atom stereocenters. The summed E-state index contributed by atoms with van der Waals surface area (Å²) in [5.41, 5.74) is 1.93. The van der Waals surface area contributed by atoms with E-state index in [2.05, 4.69) is 73.3 Å². The molecule has 1 aliphatic carbocycles. The van der Waals surface area contributed by atoms with Crippen molar-refractivity contribution in [3.8, 4) is 0 Å². The fourth-order valence-electron chi connectivity index (χ4n) is 3.82. The van der Waals surface area contributed by atoms with Crippen LogP contribution in [-0.2, 0) is 6.42 Å². The second kappa shape index (κ2) is 7.28. The van der Waals surface area contributed by atoms with E-state index in [1.54, 1.807) is 0 Å². The van der Waals surface area contributed by atoms with Crippen molar-refractivity contribution >= 4 is 15.9 Å². The summed E-state index contributed by atoms with van der Waals surface area (Å²) in [6, 6.07) is 8.90. The monoisotopic (exact) mass is 351 g/mol. The van der Waals surface area contributed by atoms with Crippen LogP contribution < -0.4 is 5.32 Å². The van der Waals surface area contributed by atoms with Gasteiger partial charge in [0.15, 0.2) is 0 Å². The molecule has 0 amide bonds. The van der Waals surface area contributed by atoms with Crippen LogP contribution in [0.5, 0.6) is 0 Å². The summed E-state index contributed by atoms with van der Waals surface area (Å²) in [7, 11) is 2.09. The molecule has 1 N–H and O–H groups in total. The van der Waals surface area contributed by atoms with Gasteiger partial charge in [-0.05, 0) is 80.1 Å². The van der Waals surface area contributed by atoms with Crippen molar-refractivity contribution in [2.75, 3.05) is 13.6 Å². The number of rotatable bonds is 4. The molecular weight excluding hydrogens is 322 g/mol. The first-order chi connectivity index (χ1) is 9.90. The van der Waals surface area contributed by atoms with E-state index >= 15 is 0 Å². The van der Waals surface area contributed by atoms with E-state index in [0.29, 0.717) is 5.41 Å². The SMILES string of the molecule is CNCC1CCC(C(C)(C)C)CC1Cc1ccc(Br)cc1. The first-order valence-corrected chi connectivity index (χ1v) is 9.08. The van der Waals surface area contributed by atoms with E-state index in [4.69, 9.17) is 0 Å². The Bertz CT molecular complexity index is 432. The quantitative estimate of drug-likeness (QED) is 0.776. The van der Waals surface area contributed by atoms with Crippen LogP contribution in [0.2, 0.25) is 0 Å². The third-order valence-electron chi connectivity index (χ3n) is 5.24. The van der Waals surface area contributed by atoms with Gasteiger partial charge in [0.1, 0.15) is 0 Å². The van der Waals surface area contributed by atoms with Crippen molar-refractivity contribution < 1.29 is 0 Å². The molecule has 2 rings (SSSR count). The van der Waals surface area contributed by atoms with Gasteiger partial charge in [-0.25, -0.2) is 0 Å². The van der Waals surface area contributed by atoms with Gasteiger partial charge in [0.25, 0.3) is 0 Å². The Morgan fingerprint density at radius 2 is 1.76 bits per heavy atom. The Balaban J connectivity index is 2.08. The number of benzene rings is 1. The minimum absolute atomic E-state index is 0.447. The van der Waals surface area contributed by atoms with Gasteiger partial charge in [-0.1, -0.05) is 48.8 Å². The topological polar surface area (TPSA) is 12.0 Å². The Labute approximate surface area is 139 Å². The summed E-state index contributed by atoms with van der Waals surface area (Å²) < 4.78 is 1.18. The van der Waals surface area contributed by atoms with Crippen LogP contribution in [0, 0.1) is 23.2 Å². The molecule has 3 atom stereocenters. The lowest BCUT2D eigenvalue weighted by Gasteiger charge is -2.42.